The van der Waals surface area contributed by atoms with Gasteiger partial charge in [0.2, 0.25) is 0 Å². The van der Waals surface area contributed by atoms with Crippen molar-refractivity contribution in [2.75, 3.05) is 12.3 Å². The Bertz CT molecular complexity index is 688. The van der Waals surface area contributed by atoms with Crippen LogP contribution in [0.4, 0.5) is 14.6 Å². The number of hydrogen-bond donors (Lipinski definition) is 2. The minimum absolute atomic E-state index is 0.0000553. The number of halogens is 2. The van der Waals surface area contributed by atoms with Gasteiger partial charge in [0.15, 0.2) is 11.6 Å². The number of nitrogens with zero attached hydrogens (tertiary/aromatic N) is 3. The van der Waals surface area contributed by atoms with Crippen molar-refractivity contribution < 1.29 is 18.6 Å². The summed E-state index contributed by atoms with van der Waals surface area (Å²) in [6.45, 7) is 2.89. The molecule has 1 saturated heterocycles. The maximum Gasteiger partial charge on any atom is 0.154 e. The number of anilines is 1. The number of alkyl halides is 1. The van der Waals surface area contributed by atoms with Crippen molar-refractivity contribution in [1.29, 1.82) is 0 Å². The molecule has 2 aromatic heterocycles. The number of rotatable bonds is 2. The molecule has 0 radical (unpaired) electrons. The molecule has 0 aliphatic carbocycles. The second-order valence-electron chi connectivity index (χ2n) is 5.78. The highest BCUT2D eigenvalue weighted by Gasteiger charge is 2.52. The predicted molar refractivity (Wildman–Crippen MR) is 70.7 cm³/mol. The SMILES string of the molecule is CC1(C)[C@H](F)[C@@H](CO)O[C@H]1c1cc(F)c2c(N)ncnn12. The molecule has 0 aromatic carbocycles. The Morgan fingerprint density at radius 3 is 2.86 bits per heavy atom. The smallest absolute Gasteiger partial charge is 0.154 e. The predicted octanol–water partition coefficient (Wildman–Crippen LogP) is 1.25. The van der Waals surface area contributed by atoms with Gasteiger partial charge in [0.05, 0.1) is 12.3 Å². The summed E-state index contributed by atoms with van der Waals surface area (Å²) >= 11 is 0. The van der Waals surface area contributed by atoms with Gasteiger partial charge in [-0.15, -0.1) is 0 Å². The second-order valence-corrected chi connectivity index (χ2v) is 5.78. The van der Waals surface area contributed by atoms with Crippen molar-refractivity contribution in [3.05, 3.63) is 23.9 Å². The van der Waals surface area contributed by atoms with Crippen LogP contribution in [0.2, 0.25) is 0 Å². The highest BCUT2D eigenvalue weighted by molar-refractivity contribution is 5.66. The van der Waals surface area contributed by atoms with Crippen LogP contribution in [0.5, 0.6) is 0 Å². The highest BCUT2D eigenvalue weighted by Crippen LogP contribution is 2.49. The Morgan fingerprint density at radius 1 is 1.52 bits per heavy atom. The number of hydrogen-bond acceptors (Lipinski definition) is 5. The Kier molecular flexibility index (Phi) is 3.10. The van der Waals surface area contributed by atoms with E-state index in [1.165, 1.54) is 16.9 Å². The maximum absolute atomic E-state index is 14.3. The number of fused-ring (bicyclic) bond motifs is 1. The minimum Gasteiger partial charge on any atom is -0.394 e. The first kappa shape index (κ1) is 14.2. The number of aromatic nitrogens is 3. The maximum atomic E-state index is 14.3. The summed E-state index contributed by atoms with van der Waals surface area (Å²) in [6, 6.07) is 1.22. The van der Waals surface area contributed by atoms with Gasteiger partial charge in [0.25, 0.3) is 0 Å². The molecule has 3 rings (SSSR count). The fourth-order valence-electron chi connectivity index (χ4n) is 2.86. The number of ether oxygens (including phenoxy) is 1. The van der Waals surface area contributed by atoms with Crippen molar-refractivity contribution in [3.63, 3.8) is 0 Å². The fraction of sp³-hybridized carbons (Fsp3) is 0.538. The van der Waals surface area contributed by atoms with Gasteiger partial charge in [-0.25, -0.2) is 18.3 Å². The lowest BCUT2D eigenvalue weighted by molar-refractivity contribution is -0.0143. The molecule has 3 N–H and O–H groups in total. The first-order valence-electron chi connectivity index (χ1n) is 6.56. The van der Waals surface area contributed by atoms with Crippen LogP contribution in [0, 0.1) is 11.2 Å². The minimum atomic E-state index is -1.37. The van der Waals surface area contributed by atoms with Crippen molar-refractivity contribution in [2.45, 2.75) is 32.2 Å². The van der Waals surface area contributed by atoms with Crippen molar-refractivity contribution >= 4 is 11.3 Å². The van der Waals surface area contributed by atoms with Crippen LogP contribution >= 0.6 is 0 Å². The van der Waals surface area contributed by atoms with Crippen LogP contribution in [0.25, 0.3) is 5.52 Å². The van der Waals surface area contributed by atoms with Crippen LogP contribution < -0.4 is 5.73 Å². The molecule has 3 atom stereocenters. The number of aliphatic hydroxyl groups is 1. The quantitative estimate of drug-likeness (QED) is 0.871. The van der Waals surface area contributed by atoms with Crippen LogP contribution in [0.3, 0.4) is 0 Å². The number of nitrogen functional groups attached to an aromatic ring is 1. The van der Waals surface area contributed by atoms with E-state index in [1.54, 1.807) is 13.8 Å². The number of aliphatic hydroxyl groups excluding tert-OH is 1. The van der Waals surface area contributed by atoms with Crippen LogP contribution in [-0.4, -0.2) is 38.6 Å². The first-order valence-corrected chi connectivity index (χ1v) is 6.56. The van der Waals surface area contributed by atoms with Gasteiger partial charge in [-0.2, -0.15) is 5.10 Å². The Hall–Kier alpha value is -1.80. The molecule has 2 aromatic rings. The van der Waals surface area contributed by atoms with Gasteiger partial charge in [-0.1, -0.05) is 13.8 Å². The monoisotopic (exact) mass is 298 g/mol. The Labute approximate surface area is 119 Å². The van der Waals surface area contributed by atoms with E-state index in [0.29, 0.717) is 5.69 Å². The average Bonchev–Trinajstić information content (AvgIpc) is 2.87. The summed E-state index contributed by atoms with van der Waals surface area (Å²) in [6.07, 6.45) is -1.88. The molecule has 0 spiro atoms. The molecular weight excluding hydrogens is 282 g/mol. The summed E-state index contributed by atoms with van der Waals surface area (Å²) in [4.78, 5) is 3.74. The number of nitrogens with two attached hydrogens (primary N) is 1. The van der Waals surface area contributed by atoms with E-state index in [9.17, 15) is 13.9 Å². The van der Waals surface area contributed by atoms with E-state index in [0.717, 1.165) is 0 Å². The summed E-state index contributed by atoms with van der Waals surface area (Å²) in [5, 5.41) is 13.2. The van der Waals surface area contributed by atoms with Crippen molar-refractivity contribution in [3.8, 4) is 0 Å². The van der Waals surface area contributed by atoms with Gasteiger partial charge >= 0.3 is 0 Å². The van der Waals surface area contributed by atoms with Crippen LogP contribution in [0.1, 0.15) is 25.6 Å². The summed E-state index contributed by atoms with van der Waals surface area (Å²) in [5.41, 5.74) is 5.10. The molecule has 114 valence electrons. The zero-order chi connectivity index (χ0) is 15.4. The van der Waals surface area contributed by atoms with Gasteiger partial charge in [0, 0.05) is 11.5 Å². The summed E-state index contributed by atoms with van der Waals surface area (Å²) in [7, 11) is 0. The third-order valence-corrected chi connectivity index (χ3v) is 4.04. The zero-order valence-corrected chi connectivity index (χ0v) is 11.6. The van der Waals surface area contributed by atoms with E-state index in [-0.39, 0.29) is 11.3 Å². The van der Waals surface area contributed by atoms with E-state index >= 15 is 0 Å². The van der Waals surface area contributed by atoms with Crippen molar-refractivity contribution in [1.82, 2.24) is 14.6 Å². The normalized spacial score (nSPS) is 28.3. The zero-order valence-electron chi connectivity index (χ0n) is 11.6. The highest BCUT2D eigenvalue weighted by atomic mass is 19.1. The van der Waals surface area contributed by atoms with Gasteiger partial charge < -0.3 is 15.6 Å². The second kappa shape index (κ2) is 4.60. The largest absolute Gasteiger partial charge is 0.394 e. The van der Waals surface area contributed by atoms with E-state index in [4.69, 9.17) is 10.5 Å². The fourth-order valence-corrected chi connectivity index (χ4v) is 2.86. The van der Waals surface area contributed by atoms with Crippen LogP contribution in [0.15, 0.2) is 12.4 Å². The van der Waals surface area contributed by atoms with Gasteiger partial charge in [0.1, 0.15) is 30.2 Å². The lowest BCUT2D eigenvalue weighted by Gasteiger charge is -2.26. The molecule has 3 heterocycles. The molecule has 8 heteroatoms. The molecule has 1 fully saturated rings. The van der Waals surface area contributed by atoms with E-state index in [2.05, 4.69) is 10.1 Å². The lowest BCUT2D eigenvalue weighted by Crippen LogP contribution is -2.31. The first-order chi connectivity index (χ1) is 9.87. The molecule has 21 heavy (non-hydrogen) atoms. The summed E-state index contributed by atoms with van der Waals surface area (Å²) < 4.78 is 35.3. The molecule has 6 nitrogen and oxygen atoms in total. The average molecular weight is 298 g/mol. The molecule has 1 aliphatic heterocycles. The summed E-state index contributed by atoms with van der Waals surface area (Å²) in [5.74, 6) is -0.592. The van der Waals surface area contributed by atoms with Gasteiger partial charge in [-0.05, 0) is 0 Å². The molecular formula is C13H16F2N4O2. The van der Waals surface area contributed by atoms with E-state index < -0.39 is 36.2 Å². The molecule has 0 unspecified atom stereocenters. The third kappa shape index (κ3) is 1.90. The van der Waals surface area contributed by atoms with Gasteiger partial charge in [-0.3, -0.25) is 0 Å². The molecule has 0 amide bonds. The van der Waals surface area contributed by atoms with Crippen molar-refractivity contribution in [2.24, 2.45) is 5.41 Å². The van der Waals surface area contributed by atoms with Crippen LogP contribution in [-0.2, 0) is 4.74 Å². The lowest BCUT2D eigenvalue weighted by atomic mass is 9.81. The molecule has 0 bridgehead atoms. The molecule has 1 aliphatic rings. The Morgan fingerprint density at radius 2 is 2.24 bits per heavy atom. The molecule has 0 saturated carbocycles. The third-order valence-electron chi connectivity index (χ3n) is 4.04. The standard InChI is InChI=1S/C13H16F2N4O2/c1-13(2)10(15)8(4-20)21-11(13)7-3-6(14)9-12(16)17-5-18-19(7)9/h3,5,8,10-11,20H,4H2,1-2H3,(H2,16,17,18)/t8-,10-,11+/m1/s1. The Balaban J connectivity index is 2.15. The van der Waals surface area contributed by atoms with E-state index in [1.807, 2.05) is 0 Å². The topological polar surface area (TPSA) is 85.7 Å².